The van der Waals surface area contributed by atoms with Crippen molar-refractivity contribution < 1.29 is 18.3 Å². The second kappa shape index (κ2) is 11.4. The summed E-state index contributed by atoms with van der Waals surface area (Å²) in [5, 5.41) is 4.53. The van der Waals surface area contributed by atoms with Crippen LogP contribution in [0.25, 0.3) is 0 Å². The van der Waals surface area contributed by atoms with Gasteiger partial charge in [-0.15, -0.1) is 5.10 Å². The number of amides is 1. The third kappa shape index (κ3) is 6.42. The minimum Gasteiger partial charge on any atom is -0.471 e. The Morgan fingerprint density at radius 2 is 1.46 bits per heavy atom. The van der Waals surface area contributed by atoms with E-state index in [4.69, 9.17) is 4.74 Å². The van der Waals surface area contributed by atoms with E-state index in [9.17, 15) is 13.6 Å². The topological polar surface area (TPSA) is 47.4 Å². The summed E-state index contributed by atoms with van der Waals surface area (Å²) < 4.78 is 34.2. The molecule has 0 radical (unpaired) electrons. The van der Waals surface area contributed by atoms with Gasteiger partial charge in [-0.25, -0.2) is 8.78 Å². The molecule has 1 amide bonds. The first kappa shape index (κ1) is 24.7. The maximum absolute atomic E-state index is 13.5. The summed E-state index contributed by atoms with van der Waals surface area (Å²) in [5.74, 6) is 0.0419. The van der Waals surface area contributed by atoms with Gasteiger partial charge in [-0.1, -0.05) is 54.6 Å². The lowest BCUT2D eigenvalue weighted by Crippen LogP contribution is -2.39. The number of hydrogen-bond donors (Lipinski definition) is 0. The lowest BCUT2D eigenvalue weighted by molar-refractivity contribution is 0.0685. The monoisotopic (exact) mass is 501 g/mol. The molecule has 190 valence electrons. The maximum Gasteiger partial charge on any atom is 0.260 e. The van der Waals surface area contributed by atoms with Crippen molar-refractivity contribution in [3.8, 4) is 5.88 Å². The SMILES string of the molecule is O=C(c1cn(Cc2ccc(F)cc2)nc1OCc1ccc(F)cc1)N1CCC(Cc2ccccc2)CC1. The van der Waals surface area contributed by atoms with Crippen molar-refractivity contribution in [2.75, 3.05) is 13.1 Å². The van der Waals surface area contributed by atoms with E-state index in [2.05, 4.69) is 29.4 Å². The number of carbonyl (C=O) groups excluding carboxylic acids is 1. The summed E-state index contributed by atoms with van der Waals surface area (Å²) >= 11 is 0. The predicted molar refractivity (Wildman–Crippen MR) is 137 cm³/mol. The molecule has 7 heteroatoms. The van der Waals surface area contributed by atoms with Crippen LogP contribution < -0.4 is 4.74 Å². The zero-order chi connectivity index (χ0) is 25.6. The summed E-state index contributed by atoms with van der Waals surface area (Å²) in [6.07, 6.45) is 4.60. The van der Waals surface area contributed by atoms with E-state index in [0.717, 1.165) is 30.4 Å². The third-order valence-electron chi connectivity index (χ3n) is 6.77. The first-order valence-electron chi connectivity index (χ1n) is 12.6. The highest BCUT2D eigenvalue weighted by Crippen LogP contribution is 2.26. The standard InChI is InChI=1S/C30H29F2N3O2/c31-26-10-6-24(7-11-26)19-35-20-28(29(33-35)37-21-25-8-12-27(32)13-9-25)30(36)34-16-14-23(15-17-34)18-22-4-2-1-3-5-22/h1-13,20,23H,14-19,21H2. The van der Waals surface area contributed by atoms with Gasteiger partial charge in [0.05, 0.1) is 6.54 Å². The van der Waals surface area contributed by atoms with E-state index in [1.54, 1.807) is 35.1 Å². The van der Waals surface area contributed by atoms with E-state index >= 15 is 0 Å². The third-order valence-corrected chi connectivity index (χ3v) is 6.77. The number of piperidine rings is 1. The Morgan fingerprint density at radius 3 is 2.11 bits per heavy atom. The molecule has 0 unspecified atom stereocenters. The number of likely N-dealkylation sites (tertiary alicyclic amines) is 1. The van der Waals surface area contributed by atoms with Crippen LogP contribution in [0, 0.1) is 17.6 Å². The second-order valence-corrected chi connectivity index (χ2v) is 9.51. The summed E-state index contributed by atoms with van der Waals surface area (Å²) in [6, 6.07) is 22.7. The molecular weight excluding hydrogens is 472 g/mol. The lowest BCUT2D eigenvalue weighted by Gasteiger charge is -2.32. The van der Waals surface area contributed by atoms with Crippen molar-refractivity contribution in [3.63, 3.8) is 0 Å². The average molecular weight is 502 g/mol. The number of carbonyl (C=O) groups is 1. The van der Waals surface area contributed by atoms with Crippen LogP contribution in [0.15, 0.2) is 85.1 Å². The molecule has 3 aromatic carbocycles. The first-order valence-corrected chi connectivity index (χ1v) is 12.6. The van der Waals surface area contributed by atoms with E-state index in [1.165, 1.54) is 29.8 Å². The summed E-state index contributed by atoms with van der Waals surface area (Å²) in [6.45, 7) is 1.89. The van der Waals surface area contributed by atoms with Gasteiger partial charge in [0.25, 0.3) is 5.91 Å². The van der Waals surface area contributed by atoms with Gasteiger partial charge in [0.15, 0.2) is 0 Å². The molecule has 0 saturated carbocycles. The predicted octanol–water partition coefficient (Wildman–Crippen LogP) is 5.88. The Bertz CT molecular complexity index is 1310. The fourth-order valence-electron chi connectivity index (χ4n) is 4.71. The molecule has 0 spiro atoms. The van der Waals surface area contributed by atoms with Gasteiger partial charge in [0.2, 0.25) is 5.88 Å². The van der Waals surface area contributed by atoms with Gasteiger partial charge < -0.3 is 9.64 Å². The molecule has 1 aliphatic rings. The van der Waals surface area contributed by atoms with E-state index < -0.39 is 0 Å². The zero-order valence-corrected chi connectivity index (χ0v) is 20.5. The average Bonchev–Trinajstić information content (AvgIpc) is 3.33. The number of hydrogen-bond acceptors (Lipinski definition) is 3. The Balaban J connectivity index is 1.29. The summed E-state index contributed by atoms with van der Waals surface area (Å²) in [5.41, 5.74) is 3.35. The molecule has 37 heavy (non-hydrogen) atoms. The van der Waals surface area contributed by atoms with Gasteiger partial charge in [-0.3, -0.25) is 9.48 Å². The van der Waals surface area contributed by atoms with Crippen LogP contribution in [-0.2, 0) is 19.6 Å². The van der Waals surface area contributed by atoms with Gasteiger partial charge in [-0.05, 0) is 66.1 Å². The van der Waals surface area contributed by atoms with Crippen LogP contribution >= 0.6 is 0 Å². The minimum atomic E-state index is -0.321. The smallest absolute Gasteiger partial charge is 0.260 e. The molecule has 1 saturated heterocycles. The van der Waals surface area contributed by atoms with E-state index in [-0.39, 0.29) is 30.0 Å². The van der Waals surface area contributed by atoms with Crippen molar-refractivity contribution in [1.82, 2.24) is 14.7 Å². The van der Waals surface area contributed by atoms with Crippen molar-refractivity contribution in [2.45, 2.75) is 32.4 Å². The highest BCUT2D eigenvalue weighted by atomic mass is 19.1. The number of nitrogens with zero attached hydrogens (tertiary/aromatic N) is 3. The Hall–Kier alpha value is -4.00. The molecule has 5 nitrogen and oxygen atoms in total. The molecule has 0 N–H and O–H groups in total. The van der Waals surface area contributed by atoms with Gasteiger partial charge >= 0.3 is 0 Å². The normalized spacial score (nSPS) is 14.1. The molecule has 0 aliphatic carbocycles. The fraction of sp³-hybridized carbons (Fsp3) is 0.267. The number of benzene rings is 3. The van der Waals surface area contributed by atoms with Crippen LogP contribution in [0.1, 0.15) is 39.9 Å². The van der Waals surface area contributed by atoms with Crippen LogP contribution in [0.2, 0.25) is 0 Å². The first-order chi connectivity index (χ1) is 18.0. The molecule has 2 heterocycles. The molecular formula is C30H29F2N3O2. The van der Waals surface area contributed by atoms with E-state index in [0.29, 0.717) is 31.1 Å². The van der Waals surface area contributed by atoms with Crippen molar-refractivity contribution in [3.05, 3.63) is 119 Å². The summed E-state index contributed by atoms with van der Waals surface area (Å²) in [4.78, 5) is 15.4. The molecule has 5 rings (SSSR count). The molecule has 4 aromatic rings. The van der Waals surface area contributed by atoms with Crippen LogP contribution in [0.5, 0.6) is 5.88 Å². The lowest BCUT2D eigenvalue weighted by atomic mass is 9.90. The molecule has 0 atom stereocenters. The quantitative estimate of drug-likeness (QED) is 0.303. The minimum absolute atomic E-state index is 0.113. The maximum atomic E-state index is 13.5. The second-order valence-electron chi connectivity index (χ2n) is 9.51. The molecule has 1 fully saturated rings. The molecule has 1 aromatic heterocycles. The van der Waals surface area contributed by atoms with Gasteiger partial charge in [0, 0.05) is 19.3 Å². The Kier molecular flexibility index (Phi) is 7.59. The number of rotatable bonds is 8. The number of aromatic nitrogens is 2. The Morgan fingerprint density at radius 1 is 0.838 bits per heavy atom. The molecule has 0 bridgehead atoms. The molecule has 1 aliphatic heterocycles. The van der Waals surface area contributed by atoms with Crippen LogP contribution in [-0.4, -0.2) is 33.7 Å². The highest BCUT2D eigenvalue weighted by molar-refractivity contribution is 5.96. The summed E-state index contributed by atoms with van der Waals surface area (Å²) in [7, 11) is 0. The number of ether oxygens (including phenoxy) is 1. The van der Waals surface area contributed by atoms with Gasteiger partial charge in [0.1, 0.15) is 23.8 Å². The van der Waals surface area contributed by atoms with Crippen molar-refractivity contribution in [1.29, 1.82) is 0 Å². The zero-order valence-electron chi connectivity index (χ0n) is 20.5. The van der Waals surface area contributed by atoms with Gasteiger partial charge in [-0.2, -0.15) is 0 Å². The largest absolute Gasteiger partial charge is 0.471 e. The fourth-order valence-corrected chi connectivity index (χ4v) is 4.71. The Labute approximate surface area is 215 Å². The van der Waals surface area contributed by atoms with Crippen LogP contribution in [0.3, 0.4) is 0 Å². The number of halogens is 2. The van der Waals surface area contributed by atoms with E-state index in [1.807, 2.05) is 11.0 Å². The van der Waals surface area contributed by atoms with Crippen molar-refractivity contribution >= 4 is 5.91 Å². The van der Waals surface area contributed by atoms with Crippen LogP contribution in [0.4, 0.5) is 8.78 Å². The highest BCUT2D eigenvalue weighted by Gasteiger charge is 2.28. The van der Waals surface area contributed by atoms with Crippen molar-refractivity contribution in [2.24, 2.45) is 5.92 Å².